The molecule has 0 fully saturated rings. The van der Waals surface area contributed by atoms with Gasteiger partial charge < -0.3 is 10.5 Å². The average molecular weight is 269 g/mol. The first-order valence-corrected chi connectivity index (χ1v) is 6.79. The molecule has 0 rings (SSSR count). The molecule has 4 heteroatoms. The molecule has 102 valence electrons. The van der Waals surface area contributed by atoms with Crippen LogP contribution in [0.3, 0.4) is 0 Å². The number of ether oxygens (including phenoxy) is 1. The van der Waals surface area contributed by atoms with Crippen molar-refractivity contribution in [1.82, 2.24) is 0 Å². The molecule has 0 aromatic carbocycles. The summed E-state index contributed by atoms with van der Waals surface area (Å²) >= 11 is 1.64. The molecule has 3 nitrogen and oxygen atoms in total. The number of thioether (sulfide) groups is 1. The Labute approximate surface area is 114 Å². The lowest BCUT2D eigenvalue weighted by Crippen LogP contribution is -2.36. The minimum absolute atomic E-state index is 0.0902. The summed E-state index contributed by atoms with van der Waals surface area (Å²) in [5, 5.41) is 0. The molecule has 0 aliphatic carbocycles. The molecule has 0 heterocycles. The van der Waals surface area contributed by atoms with Crippen LogP contribution in [0.1, 0.15) is 20.8 Å². The summed E-state index contributed by atoms with van der Waals surface area (Å²) in [5.74, 6) is 0.167. The van der Waals surface area contributed by atoms with E-state index in [1.54, 1.807) is 30.0 Å². The number of rotatable bonds is 7. The fourth-order valence-corrected chi connectivity index (χ4v) is 1.81. The Balaban J connectivity index is 4.13. The molecule has 18 heavy (non-hydrogen) atoms. The average Bonchev–Trinajstić information content (AvgIpc) is 2.29. The van der Waals surface area contributed by atoms with Crippen molar-refractivity contribution in [3.63, 3.8) is 0 Å². The topological polar surface area (TPSA) is 52.3 Å². The molecule has 0 bridgehead atoms. The normalized spacial score (nSPS) is 13.9. The third-order valence-corrected chi connectivity index (χ3v) is 3.37. The Bertz CT molecular complexity index is 329. The van der Waals surface area contributed by atoms with E-state index in [2.05, 4.69) is 33.9 Å². The van der Waals surface area contributed by atoms with Crippen LogP contribution in [0.5, 0.6) is 0 Å². The molecule has 0 saturated heterocycles. The van der Waals surface area contributed by atoms with Crippen LogP contribution in [0.4, 0.5) is 0 Å². The third-order valence-electron chi connectivity index (χ3n) is 1.97. The number of allylic oxidation sites excluding steroid dienone is 2. The first-order valence-electron chi connectivity index (χ1n) is 5.80. The second-order valence-electron chi connectivity index (χ2n) is 4.82. The van der Waals surface area contributed by atoms with E-state index in [-0.39, 0.29) is 17.3 Å². The van der Waals surface area contributed by atoms with Gasteiger partial charge in [0, 0.05) is 10.5 Å². The fourth-order valence-electron chi connectivity index (χ4n) is 0.996. The molecule has 0 saturated carbocycles. The maximum atomic E-state index is 11.6. The maximum Gasteiger partial charge on any atom is 0.324 e. The van der Waals surface area contributed by atoms with E-state index in [1.165, 1.54) is 0 Å². The summed E-state index contributed by atoms with van der Waals surface area (Å²) in [6, 6.07) is -0.593. The van der Waals surface area contributed by atoms with E-state index in [9.17, 15) is 4.79 Å². The van der Waals surface area contributed by atoms with Gasteiger partial charge in [-0.15, -0.1) is 0 Å². The summed E-state index contributed by atoms with van der Waals surface area (Å²) in [4.78, 5) is 11.6. The molecule has 0 unspecified atom stereocenters. The van der Waals surface area contributed by atoms with E-state index >= 15 is 0 Å². The molecule has 1 atom stereocenters. The SMILES string of the molecule is C=C/C=C(\C=C)COC(=O)[C@@H](N)CSC(C)(C)C. The molecule has 0 aromatic rings. The monoisotopic (exact) mass is 269 g/mol. The Kier molecular flexibility index (Phi) is 7.71. The minimum Gasteiger partial charge on any atom is -0.460 e. The van der Waals surface area contributed by atoms with Gasteiger partial charge in [0.1, 0.15) is 12.6 Å². The summed E-state index contributed by atoms with van der Waals surface area (Å²) in [6.45, 7) is 13.6. The van der Waals surface area contributed by atoms with Crippen molar-refractivity contribution in [2.75, 3.05) is 12.4 Å². The van der Waals surface area contributed by atoms with Crippen LogP contribution in [0, 0.1) is 0 Å². The molecular formula is C14H23NO2S. The number of carbonyl (C=O) groups is 1. The van der Waals surface area contributed by atoms with Crippen LogP contribution in [-0.2, 0) is 9.53 Å². The van der Waals surface area contributed by atoms with Gasteiger partial charge in [-0.25, -0.2) is 0 Å². The predicted octanol–water partition coefficient (Wildman–Crippen LogP) is 2.69. The molecule has 2 N–H and O–H groups in total. The molecular weight excluding hydrogens is 246 g/mol. The van der Waals surface area contributed by atoms with Gasteiger partial charge in [0.2, 0.25) is 0 Å². The Hall–Kier alpha value is -1.000. The van der Waals surface area contributed by atoms with E-state index in [1.807, 2.05) is 0 Å². The third kappa shape index (κ3) is 8.14. The zero-order chi connectivity index (χ0) is 14.2. The lowest BCUT2D eigenvalue weighted by molar-refractivity contribution is -0.143. The smallest absolute Gasteiger partial charge is 0.324 e. The second kappa shape index (κ2) is 8.16. The summed E-state index contributed by atoms with van der Waals surface area (Å²) in [7, 11) is 0. The van der Waals surface area contributed by atoms with Gasteiger partial charge in [-0.2, -0.15) is 11.8 Å². The number of hydrogen-bond acceptors (Lipinski definition) is 4. The van der Waals surface area contributed by atoms with E-state index < -0.39 is 6.04 Å². The zero-order valence-electron chi connectivity index (χ0n) is 11.4. The second-order valence-corrected chi connectivity index (χ2v) is 6.67. The number of hydrogen-bond donors (Lipinski definition) is 1. The van der Waals surface area contributed by atoms with Crippen molar-refractivity contribution < 1.29 is 9.53 Å². The Morgan fingerprint density at radius 3 is 2.50 bits per heavy atom. The zero-order valence-corrected chi connectivity index (χ0v) is 12.3. The van der Waals surface area contributed by atoms with Gasteiger partial charge in [-0.3, -0.25) is 4.79 Å². The van der Waals surface area contributed by atoms with Crippen LogP contribution < -0.4 is 5.73 Å². The molecule has 0 aliphatic rings. The van der Waals surface area contributed by atoms with Gasteiger partial charge in [0.25, 0.3) is 0 Å². The predicted molar refractivity (Wildman–Crippen MR) is 79.6 cm³/mol. The highest BCUT2D eigenvalue weighted by atomic mass is 32.2. The Morgan fingerprint density at radius 1 is 1.44 bits per heavy atom. The fraction of sp³-hybridized carbons (Fsp3) is 0.500. The lowest BCUT2D eigenvalue weighted by Gasteiger charge is -2.19. The summed E-state index contributed by atoms with van der Waals surface area (Å²) in [5.41, 5.74) is 6.57. The first kappa shape index (κ1) is 17.0. The van der Waals surface area contributed by atoms with Gasteiger partial charge >= 0.3 is 5.97 Å². The van der Waals surface area contributed by atoms with Crippen molar-refractivity contribution in [2.24, 2.45) is 5.73 Å². The van der Waals surface area contributed by atoms with Gasteiger partial charge in [0.15, 0.2) is 0 Å². The highest BCUT2D eigenvalue weighted by Crippen LogP contribution is 2.23. The maximum absolute atomic E-state index is 11.6. The van der Waals surface area contributed by atoms with Crippen LogP contribution >= 0.6 is 11.8 Å². The van der Waals surface area contributed by atoms with Crippen molar-refractivity contribution in [1.29, 1.82) is 0 Å². The van der Waals surface area contributed by atoms with Crippen molar-refractivity contribution >= 4 is 17.7 Å². The van der Waals surface area contributed by atoms with Crippen LogP contribution in [0.25, 0.3) is 0 Å². The molecule has 0 aliphatic heterocycles. The van der Waals surface area contributed by atoms with E-state index in [4.69, 9.17) is 10.5 Å². The van der Waals surface area contributed by atoms with Gasteiger partial charge in [0.05, 0.1) is 0 Å². The summed E-state index contributed by atoms with van der Waals surface area (Å²) < 4.78 is 5.20. The van der Waals surface area contributed by atoms with Gasteiger partial charge in [-0.05, 0) is 5.57 Å². The standard InChI is InChI=1S/C14H23NO2S/c1-6-8-11(7-2)9-17-13(16)12(15)10-18-14(3,4)5/h6-8,12H,1-2,9-10,15H2,3-5H3/b11-8+/t12-/m0/s1. The van der Waals surface area contributed by atoms with Crippen molar-refractivity contribution in [3.05, 3.63) is 37.0 Å². The van der Waals surface area contributed by atoms with E-state index in [0.29, 0.717) is 5.75 Å². The Morgan fingerprint density at radius 2 is 2.06 bits per heavy atom. The number of nitrogens with two attached hydrogens (primary N) is 1. The molecule has 0 aromatic heterocycles. The van der Waals surface area contributed by atoms with Crippen LogP contribution in [0.2, 0.25) is 0 Å². The largest absolute Gasteiger partial charge is 0.460 e. The van der Waals surface area contributed by atoms with E-state index in [0.717, 1.165) is 5.57 Å². The summed E-state index contributed by atoms with van der Waals surface area (Å²) in [6.07, 6.45) is 5.00. The van der Waals surface area contributed by atoms with Crippen molar-refractivity contribution in [2.45, 2.75) is 31.6 Å². The van der Waals surface area contributed by atoms with Gasteiger partial charge in [-0.1, -0.05) is 52.2 Å². The number of carbonyl (C=O) groups excluding carboxylic acids is 1. The van der Waals surface area contributed by atoms with Crippen LogP contribution in [0.15, 0.2) is 37.0 Å². The highest BCUT2D eigenvalue weighted by Gasteiger charge is 2.19. The quantitative estimate of drug-likeness (QED) is 0.570. The molecule has 0 spiro atoms. The molecule has 0 amide bonds. The van der Waals surface area contributed by atoms with Crippen LogP contribution in [-0.4, -0.2) is 29.1 Å². The van der Waals surface area contributed by atoms with Crippen molar-refractivity contribution in [3.8, 4) is 0 Å². The first-order chi connectivity index (χ1) is 8.30. The highest BCUT2D eigenvalue weighted by molar-refractivity contribution is 8.00. The lowest BCUT2D eigenvalue weighted by atomic mass is 10.2. The molecule has 0 radical (unpaired) electrons. The minimum atomic E-state index is -0.593. The number of esters is 1.